The zero-order chi connectivity index (χ0) is 24.7. The van der Waals surface area contributed by atoms with Gasteiger partial charge in [-0.15, -0.1) is 11.3 Å². The van der Waals surface area contributed by atoms with Gasteiger partial charge in [0.15, 0.2) is 11.5 Å². The minimum atomic E-state index is 0.0863. The van der Waals surface area contributed by atoms with E-state index in [2.05, 4.69) is 15.2 Å². The number of thiophene rings is 1. The molecular formula is C27H32N4O4S. The maximum atomic E-state index is 12.3. The molecule has 0 radical (unpaired) electrons. The highest BCUT2D eigenvalue weighted by Gasteiger charge is 2.21. The number of benzene rings is 1. The number of carbonyl (C=O) groups excluding carboxylic acids is 1. The number of anilines is 1. The van der Waals surface area contributed by atoms with Crippen LogP contribution in [0.15, 0.2) is 42.0 Å². The SMILES string of the molecule is COc1cc(-c2cncc(-c3cc(NC(=O)CC4CCC4)cs3)n2)ccc1OCCN1CCOCC1. The van der Waals surface area contributed by atoms with E-state index in [1.807, 2.05) is 29.6 Å². The number of nitrogens with one attached hydrogen (secondary N) is 1. The van der Waals surface area contributed by atoms with Crippen molar-refractivity contribution in [1.82, 2.24) is 14.9 Å². The summed E-state index contributed by atoms with van der Waals surface area (Å²) in [5.74, 6) is 2.00. The summed E-state index contributed by atoms with van der Waals surface area (Å²) in [6.45, 7) is 4.87. The molecule has 1 amide bonds. The van der Waals surface area contributed by atoms with Gasteiger partial charge >= 0.3 is 0 Å². The number of nitrogens with zero attached hydrogens (tertiary/aromatic N) is 3. The van der Waals surface area contributed by atoms with Crippen LogP contribution >= 0.6 is 11.3 Å². The number of ether oxygens (including phenoxy) is 3. The fraction of sp³-hybridized carbons (Fsp3) is 0.444. The average Bonchev–Trinajstić information content (AvgIpc) is 3.35. The Bertz CT molecular complexity index is 1170. The van der Waals surface area contributed by atoms with Crippen molar-refractivity contribution in [2.24, 2.45) is 5.92 Å². The maximum absolute atomic E-state index is 12.3. The highest BCUT2D eigenvalue weighted by atomic mass is 32.1. The van der Waals surface area contributed by atoms with E-state index < -0.39 is 0 Å². The van der Waals surface area contributed by atoms with E-state index in [-0.39, 0.29) is 5.91 Å². The van der Waals surface area contributed by atoms with Crippen molar-refractivity contribution in [3.8, 4) is 33.3 Å². The van der Waals surface area contributed by atoms with Crippen molar-refractivity contribution in [3.05, 3.63) is 42.0 Å². The van der Waals surface area contributed by atoms with E-state index in [0.29, 0.717) is 30.4 Å². The molecule has 1 saturated heterocycles. The zero-order valence-corrected chi connectivity index (χ0v) is 21.4. The second-order valence-electron chi connectivity index (χ2n) is 9.21. The monoisotopic (exact) mass is 508 g/mol. The Morgan fingerprint density at radius 2 is 2.00 bits per heavy atom. The molecular weight excluding hydrogens is 476 g/mol. The highest BCUT2D eigenvalue weighted by molar-refractivity contribution is 7.14. The summed E-state index contributed by atoms with van der Waals surface area (Å²) in [6, 6.07) is 7.78. The van der Waals surface area contributed by atoms with Crippen LogP contribution in [0, 0.1) is 5.92 Å². The van der Waals surface area contributed by atoms with Crippen LogP contribution in [0.4, 0.5) is 5.69 Å². The third kappa shape index (κ3) is 6.21. The molecule has 2 aromatic heterocycles. The Labute approximate surface area is 215 Å². The normalized spacial score (nSPS) is 16.4. The highest BCUT2D eigenvalue weighted by Crippen LogP contribution is 2.34. The van der Waals surface area contributed by atoms with Gasteiger partial charge in [0.05, 0.1) is 54.7 Å². The van der Waals surface area contributed by atoms with Gasteiger partial charge in [-0.3, -0.25) is 14.7 Å². The number of aromatic nitrogens is 2. The molecule has 2 fully saturated rings. The number of hydrogen-bond acceptors (Lipinski definition) is 8. The number of rotatable bonds is 10. The zero-order valence-electron chi connectivity index (χ0n) is 20.6. The van der Waals surface area contributed by atoms with Gasteiger partial charge in [-0.05, 0) is 43.0 Å². The quantitative estimate of drug-likeness (QED) is 0.424. The first-order valence-electron chi connectivity index (χ1n) is 12.5. The van der Waals surface area contributed by atoms with Crippen LogP contribution in [0.3, 0.4) is 0 Å². The molecule has 9 heteroatoms. The van der Waals surface area contributed by atoms with Crippen molar-refractivity contribution < 1.29 is 19.0 Å². The van der Waals surface area contributed by atoms with Gasteiger partial charge < -0.3 is 19.5 Å². The summed E-state index contributed by atoms with van der Waals surface area (Å²) in [7, 11) is 1.64. The van der Waals surface area contributed by atoms with Crippen molar-refractivity contribution in [2.45, 2.75) is 25.7 Å². The lowest BCUT2D eigenvalue weighted by atomic mass is 9.83. The summed E-state index contributed by atoms with van der Waals surface area (Å²) in [5.41, 5.74) is 3.22. The Kier molecular flexibility index (Phi) is 8.10. The van der Waals surface area contributed by atoms with Gasteiger partial charge in [0, 0.05) is 37.0 Å². The molecule has 1 aliphatic carbocycles. The minimum Gasteiger partial charge on any atom is -0.493 e. The predicted molar refractivity (Wildman–Crippen MR) is 141 cm³/mol. The summed E-state index contributed by atoms with van der Waals surface area (Å²) in [4.78, 5) is 24.8. The number of methoxy groups -OCH3 is 1. The molecule has 0 atom stereocenters. The standard InChI is InChI=1S/C27H32N4O4S/c1-33-25-14-20(5-6-24(25)35-12-9-31-7-10-34-11-8-31)22-16-28-17-23(30-22)26-15-21(18-36-26)29-27(32)13-19-3-2-4-19/h5-6,14-19H,2-4,7-13H2,1H3,(H,29,32). The largest absolute Gasteiger partial charge is 0.493 e. The van der Waals surface area contributed by atoms with Crippen molar-refractivity contribution in [1.29, 1.82) is 0 Å². The summed E-state index contributed by atoms with van der Waals surface area (Å²) < 4.78 is 17.0. The third-order valence-corrected chi connectivity index (χ3v) is 7.65. The molecule has 5 rings (SSSR count). The van der Waals surface area contributed by atoms with E-state index in [4.69, 9.17) is 19.2 Å². The molecule has 190 valence electrons. The fourth-order valence-corrected chi connectivity index (χ4v) is 5.18. The molecule has 3 heterocycles. The lowest BCUT2D eigenvalue weighted by Crippen LogP contribution is -2.38. The molecule has 2 aliphatic rings. The molecule has 36 heavy (non-hydrogen) atoms. The number of amides is 1. The van der Waals surface area contributed by atoms with Gasteiger partial charge in [0.25, 0.3) is 0 Å². The molecule has 3 aromatic rings. The molecule has 0 spiro atoms. The Morgan fingerprint density at radius 3 is 2.78 bits per heavy atom. The van der Waals surface area contributed by atoms with Crippen LogP contribution in [0.2, 0.25) is 0 Å². The van der Waals surface area contributed by atoms with Gasteiger partial charge in [-0.1, -0.05) is 6.42 Å². The van der Waals surface area contributed by atoms with Crippen LogP contribution in [-0.4, -0.2) is 67.3 Å². The van der Waals surface area contributed by atoms with E-state index in [9.17, 15) is 4.79 Å². The third-order valence-electron chi connectivity index (χ3n) is 6.70. The van der Waals surface area contributed by atoms with Gasteiger partial charge in [-0.25, -0.2) is 4.98 Å². The Hall–Kier alpha value is -3.01. The van der Waals surface area contributed by atoms with Gasteiger partial charge in [0.2, 0.25) is 5.91 Å². The summed E-state index contributed by atoms with van der Waals surface area (Å²) in [6.07, 6.45) is 7.66. The summed E-state index contributed by atoms with van der Waals surface area (Å²) >= 11 is 1.54. The minimum absolute atomic E-state index is 0.0863. The number of hydrogen-bond donors (Lipinski definition) is 1. The molecule has 1 saturated carbocycles. The molecule has 1 aliphatic heterocycles. The van der Waals surface area contributed by atoms with Crippen molar-refractivity contribution >= 4 is 22.9 Å². The first-order valence-corrected chi connectivity index (χ1v) is 13.4. The molecule has 1 N–H and O–H groups in total. The lowest BCUT2D eigenvalue weighted by Gasteiger charge is -2.26. The van der Waals surface area contributed by atoms with Crippen LogP contribution in [0.5, 0.6) is 11.5 Å². The maximum Gasteiger partial charge on any atom is 0.224 e. The number of morpholine rings is 1. The first-order chi connectivity index (χ1) is 17.7. The predicted octanol–water partition coefficient (Wildman–Crippen LogP) is 4.72. The lowest BCUT2D eigenvalue weighted by molar-refractivity contribution is -0.117. The summed E-state index contributed by atoms with van der Waals surface area (Å²) in [5, 5.41) is 4.97. The van der Waals surface area contributed by atoms with E-state index in [1.54, 1.807) is 30.8 Å². The Morgan fingerprint density at radius 1 is 1.17 bits per heavy atom. The van der Waals surface area contributed by atoms with E-state index >= 15 is 0 Å². The van der Waals surface area contributed by atoms with Crippen LogP contribution in [0.1, 0.15) is 25.7 Å². The van der Waals surface area contributed by atoms with Gasteiger partial charge in [0.1, 0.15) is 6.61 Å². The molecule has 8 nitrogen and oxygen atoms in total. The van der Waals surface area contributed by atoms with Gasteiger partial charge in [-0.2, -0.15) is 0 Å². The Balaban J connectivity index is 1.23. The molecule has 0 unspecified atom stereocenters. The molecule has 0 bridgehead atoms. The van der Waals surface area contributed by atoms with E-state index in [0.717, 1.165) is 73.2 Å². The first kappa shape index (κ1) is 24.7. The average molecular weight is 509 g/mol. The smallest absolute Gasteiger partial charge is 0.224 e. The van der Waals surface area contributed by atoms with Crippen molar-refractivity contribution in [3.63, 3.8) is 0 Å². The van der Waals surface area contributed by atoms with Crippen molar-refractivity contribution in [2.75, 3.05) is 51.9 Å². The van der Waals surface area contributed by atoms with Crippen LogP contribution in [-0.2, 0) is 9.53 Å². The van der Waals surface area contributed by atoms with E-state index in [1.165, 1.54) is 6.42 Å². The fourth-order valence-electron chi connectivity index (χ4n) is 4.39. The topological polar surface area (TPSA) is 85.8 Å². The van der Waals surface area contributed by atoms with Crippen LogP contribution in [0.25, 0.3) is 21.8 Å². The number of carbonyl (C=O) groups is 1. The molecule has 1 aromatic carbocycles. The van der Waals surface area contributed by atoms with Crippen LogP contribution < -0.4 is 14.8 Å². The second-order valence-corrected chi connectivity index (χ2v) is 10.1. The second kappa shape index (κ2) is 11.8.